The lowest BCUT2D eigenvalue weighted by Crippen LogP contribution is -2.21. The molecular formula is C18H21BrN2O. The first kappa shape index (κ1) is 16.6. The van der Waals surface area contributed by atoms with Crippen LogP contribution < -0.4 is 10.2 Å². The number of nitrogens with zero attached hydrogens (tertiary/aromatic N) is 1. The first-order valence-corrected chi connectivity index (χ1v) is 8.27. The van der Waals surface area contributed by atoms with Crippen molar-refractivity contribution in [3.05, 3.63) is 58.1 Å². The molecule has 0 fully saturated rings. The molecule has 0 aliphatic rings. The Balaban J connectivity index is 2.13. The van der Waals surface area contributed by atoms with E-state index in [9.17, 15) is 4.79 Å². The van der Waals surface area contributed by atoms with Gasteiger partial charge in [0.2, 0.25) is 0 Å². The summed E-state index contributed by atoms with van der Waals surface area (Å²) >= 11 is 3.43. The molecule has 0 saturated carbocycles. The molecule has 0 saturated heterocycles. The van der Waals surface area contributed by atoms with E-state index in [1.807, 2.05) is 49.4 Å². The summed E-state index contributed by atoms with van der Waals surface area (Å²) in [5.74, 6) is -0.0866. The molecule has 2 aromatic carbocycles. The van der Waals surface area contributed by atoms with E-state index in [0.717, 1.165) is 34.5 Å². The third-order valence-corrected chi connectivity index (χ3v) is 4.19. The zero-order valence-corrected chi connectivity index (χ0v) is 14.8. The highest BCUT2D eigenvalue weighted by molar-refractivity contribution is 9.10. The highest BCUT2D eigenvalue weighted by atomic mass is 79.9. The number of carbonyl (C=O) groups excluding carboxylic acids is 1. The zero-order valence-electron chi connectivity index (χ0n) is 13.2. The topological polar surface area (TPSA) is 32.3 Å². The van der Waals surface area contributed by atoms with Gasteiger partial charge >= 0.3 is 0 Å². The van der Waals surface area contributed by atoms with Crippen LogP contribution in [0.2, 0.25) is 0 Å². The minimum Gasteiger partial charge on any atom is -0.372 e. The summed E-state index contributed by atoms with van der Waals surface area (Å²) in [4.78, 5) is 14.6. The van der Waals surface area contributed by atoms with Crippen LogP contribution in [-0.4, -0.2) is 19.0 Å². The standard InChI is InChI=1S/C18H21BrN2O/c1-4-21(5-2)16-9-6-14(7-10-16)18(22)20-17-11-8-15(19)12-13(17)3/h6-12H,4-5H2,1-3H3,(H,20,22). The van der Waals surface area contributed by atoms with Crippen LogP contribution in [0.15, 0.2) is 46.9 Å². The highest BCUT2D eigenvalue weighted by Gasteiger charge is 2.09. The Morgan fingerprint density at radius 3 is 2.27 bits per heavy atom. The average Bonchev–Trinajstić information content (AvgIpc) is 2.52. The first-order chi connectivity index (χ1) is 10.5. The number of amides is 1. The highest BCUT2D eigenvalue weighted by Crippen LogP contribution is 2.21. The Hall–Kier alpha value is -1.81. The molecule has 3 nitrogen and oxygen atoms in total. The van der Waals surface area contributed by atoms with Gasteiger partial charge in [-0.2, -0.15) is 0 Å². The third-order valence-electron chi connectivity index (χ3n) is 3.69. The lowest BCUT2D eigenvalue weighted by Gasteiger charge is -2.21. The van der Waals surface area contributed by atoms with Crippen LogP contribution in [0.5, 0.6) is 0 Å². The molecule has 22 heavy (non-hydrogen) atoms. The molecule has 0 heterocycles. The molecular weight excluding hydrogens is 340 g/mol. The monoisotopic (exact) mass is 360 g/mol. The van der Waals surface area contributed by atoms with Crippen molar-refractivity contribution >= 4 is 33.2 Å². The molecule has 0 aliphatic heterocycles. The van der Waals surface area contributed by atoms with Gasteiger partial charge in [0.05, 0.1) is 0 Å². The molecule has 0 bridgehead atoms. The molecule has 116 valence electrons. The number of halogens is 1. The fourth-order valence-electron chi connectivity index (χ4n) is 2.37. The molecule has 1 N–H and O–H groups in total. The number of nitrogens with one attached hydrogen (secondary N) is 1. The van der Waals surface area contributed by atoms with Gasteiger partial charge in [0.1, 0.15) is 0 Å². The SMILES string of the molecule is CCN(CC)c1ccc(C(=O)Nc2ccc(Br)cc2C)cc1. The molecule has 4 heteroatoms. The summed E-state index contributed by atoms with van der Waals surface area (Å²) in [7, 11) is 0. The van der Waals surface area contributed by atoms with Crippen molar-refractivity contribution in [2.45, 2.75) is 20.8 Å². The van der Waals surface area contributed by atoms with Crippen molar-refractivity contribution in [1.82, 2.24) is 0 Å². The lowest BCUT2D eigenvalue weighted by molar-refractivity contribution is 0.102. The van der Waals surface area contributed by atoms with E-state index < -0.39 is 0 Å². The molecule has 0 unspecified atom stereocenters. The Morgan fingerprint density at radius 1 is 1.09 bits per heavy atom. The quantitative estimate of drug-likeness (QED) is 0.825. The van der Waals surface area contributed by atoms with Gasteiger partial charge in [-0.3, -0.25) is 4.79 Å². The van der Waals surface area contributed by atoms with Crippen molar-refractivity contribution in [3.8, 4) is 0 Å². The largest absolute Gasteiger partial charge is 0.372 e. The lowest BCUT2D eigenvalue weighted by atomic mass is 10.1. The minimum atomic E-state index is -0.0866. The molecule has 2 rings (SSSR count). The normalized spacial score (nSPS) is 10.4. The first-order valence-electron chi connectivity index (χ1n) is 7.47. The van der Waals surface area contributed by atoms with Gasteiger partial charge in [0, 0.05) is 34.5 Å². The summed E-state index contributed by atoms with van der Waals surface area (Å²) in [5, 5.41) is 2.96. The van der Waals surface area contributed by atoms with E-state index >= 15 is 0 Å². The van der Waals surface area contributed by atoms with Crippen molar-refractivity contribution in [2.75, 3.05) is 23.3 Å². The second-order valence-corrected chi connectivity index (χ2v) is 6.05. The maximum Gasteiger partial charge on any atom is 0.255 e. The number of rotatable bonds is 5. The molecule has 0 radical (unpaired) electrons. The number of benzene rings is 2. The predicted octanol–water partition coefficient (Wildman–Crippen LogP) is 4.86. The number of anilines is 2. The van der Waals surface area contributed by atoms with Gasteiger partial charge in [-0.15, -0.1) is 0 Å². The van der Waals surface area contributed by atoms with Gasteiger partial charge in [-0.1, -0.05) is 15.9 Å². The molecule has 0 atom stereocenters. The Morgan fingerprint density at radius 2 is 1.73 bits per heavy atom. The summed E-state index contributed by atoms with van der Waals surface area (Å²) in [6.45, 7) is 8.14. The van der Waals surface area contributed by atoms with Crippen LogP contribution in [0.25, 0.3) is 0 Å². The predicted molar refractivity (Wildman–Crippen MR) is 96.8 cm³/mol. The van der Waals surface area contributed by atoms with Crippen LogP contribution in [0.4, 0.5) is 11.4 Å². The summed E-state index contributed by atoms with van der Waals surface area (Å²) in [5.41, 5.74) is 3.67. The van der Waals surface area contributed by atoms with Crippen LogP contribution in [0.1, 0.15) is 29.8 Å². The molecule has 1 amide bonds. The summed E-state index contributed by atoms with van der Waals surface area (Å²) < 4.78 is 1.01. The van der Waals surface area contributed by atoms with Crippen LogP contribution in [0.3, 0.4) is 0 Å². The van der Waals surface area contributed by atoms with Crippen molar-refractivity contribution in [2.24, 2.45) is 0 Å². The Kier molecular flexibility index (Phi) is 5.61. The average molecular weight is 361 g/mol. The Labute approximate surface area is 140 Å². The smallest absolute Gasteiger partial charge is 0.255 e. The van der Waals surface area contributed by atoms with Gasteiger partial charge in [-0.05, 0) is 68.8 Å². The maximum absolute atomic E-state index is 12.3. The second kappa shape index (κ2) is 7.45. The number of aryl methyl sites for hydroxylation is 1. The van der Waals surface area contributed by atoms with Crippen molar-refractivity contribution in [3.63, 3.8) is 0 Å². The number of hydrogen-bond acceptors (Lipinski definition) is 2. The van der Waals surface area contributed by atoms with Crippen LogP contribution in [-0.2, 0) is 0 Å². The fraction of sp³-hybridized carbons (Fsp3) is 0.278. The van der Waals surface area contributed by atoms with Gasteiger partial charge < -0.3 is 10.2 Å². The fourth-order valence-corrected chi connectivity index (χ4v) is 2.85. The van der Waals surface area contributed by atoms with Crippen LogP contribution in [0, 0.1) is 6.92 Å². The zero-order chi connectivity index (χ0) is 16.1. The summed E-state index contributed by atoms with van der Waals surface area (Å²) in [6, 6.07) is 13.5. The van der Waals surface area contributed by atoms with Gasteiger partial charge in [0.15, 0.2) is 0 Å². The van der Waals surface area contributed by atoms with Crippen molar-refractivity contribution in [1.29, 1.82) is 0 Å². The summed E-state index contributed by atoms with van der Waals surface area (Å²) in [6.07, 6.45) is 0. The second-order valence-electron chi connectivity index (χ2n) is 5.13. The number of carbonyl (C=O) groups is 1. The molecule has 0 aliphatic carbocycles. The van der Waals surface area contributed by atoms with E-state index in [4.69, 9.17) is 0 Å². The maximum atomic E-state index is 12.3. The molecule has 0 aromatic heterocycles. The van der Waals surface area contributed by atoms with E-state index in [1.165, 1.54) is 0 Å². The van der Waals surface area contributed by atoms with Gasteiger partial charge in [0.25, 0.3) is 5.91 Å². The van der Waals surface area contributed by atoms with E-state index in [0.29, 0.717) is 5.56 Å². The van der Waals surface area contributed by atoms with Gasteiger partial charge in [-0.25, -0.2) is 0 Å². The van der Waals surface area contributed by atoms with E-state index in [2.05, 4.69) is 40.0 Å². The van der Waals surface area contributed by atoms with Crippen LogP contribution >= 0.6 is 15.9 Å². The van der Waals surface area contributed by atoms with E-state index in [-0.39, 0.29) is 5.91 Å². The third kappa shape index (κ3) is 3.89. The Bertz CT molecular complexity index is 649. The van der Waals surface area contributed by atoms with Crippen molar-refractivity contribution < 1.29 is 4.79 Å². The minimum absolute atomic E-state index is 0.0866. The van der Waals surface area contributed by atoms with E-state index in [1.54, 1.807) is 0 Å². The molecule has 2 aromatic rings. The number of hydrogen-bond donors (Lipinski definition) is 1. The molecule has 0 spiro atoms.